The van der Waals surface area contributed by atoms with Crippen molar-refractivity contribution in [3.8, 4) is 0 Å². The smallest absolute Gasteiger partial charge is 0.197 e. The summed E-state index contributed by atoms with van der Waals surface area (Å²) in [6.07, 6.45) is 15.1. The fraction of sp³-hybridized carbons (Fsp3) is 0.706. The summed E-state index contributed by atoms with van der Waals surface area (Å²) in [4.78, 5) is 24.1. The average Bonchev–Trinajstić information content (AvgIpc) is 3.52. The molecule has 236 valence electrons. The lowest BCUT2D eigenvalue weighted by Crippen LogP contribution is -2.53. The number of aliphatic hydroxyl groups is 1. The number of piperazine rings is 1. The minimum atomic E-state index is -0.891. The first kappa shape index (κ1) is 32.1. The Bertz CT molecular complexity index is 1210. The second kappa shape index (κ2) is 14.2. The van der Waals surface area contributed by atoms with Gasteiger partial charge in [0.1, 0.15) is 5.84 Å². The third kappa shape index (κ3) is 7.34. The first-order valence-electron chi connectivity index (χ1n) is 16.6. The molecule has 9 atom stereocenters. The van der Waals surface area contributed by atoms with Gasteiger partial charge in [-0.1, -0.05) is 64.8 Å². The van der Waals surface area contributed by atoms with Crippen molar-refractivity contribution in [3.63, 3.8) is 0 Å². The third-order valence-electron chi connectivity index (χ3n) is 10.6. The SMILES string of the molecule is CCC(C)C1C(C)C1C(=NC1CC(C(O)N=C2C(Cl)=CCCC2C)=CC1CC)N=C(N)N1CCN(C2C=CN=CC2)CC1. The Morgan fingerprint density at radius 3 is 2.63 bits per heavy atom. The van der Waals surface area contributed by atoms with Crippen LogP contribution in [0.3, 0.4) is 0 Å². The Kier molecular flexibility index (Phi) is 10.6. The van der Waals surface area contributed by atoms with Gasteiger partial charge in [-0.3, -0.25) is 19.9 Å². The number of hydrogen-bond acceptors (Lipinski definition) is 5. The molecule has 0 amide bonds. The molecule has 0 aromatic carbocycles. The first-order valence-corrected chi connectivity index (χ1v) is 17.0. The number of aliphatic imine (C=N–C) groups is 4. The molecule has 2 heterocycles. The molecule has 0 radical (unpaired) electrons. The summed E-state index contributed by atoms with van der Waals surface area (Å²) >= 11 is 6.48. The Morgan fingerprint density at radius 2 is 1.98 bits per heavy atom. The number of guanidine groups is 1. The lowest BCUT2D eigenvalue weighted by Gasteiger charge is -2.38. The largest absolute Gasteiger partial charge is 0.369 e. The van der Waals surface area contributed by atoms with E-state index in [1.54, 1.807) is 0 Å². The molecule has 0 bridgehead atoms. The quantitative estimate of drug-likeness (QED) is 0.211. The zero-order valence-corrected chi connectivity index (χ0v) is 27.5. The van der Waals surface area contributed by atoms with Crippen LogP contribution in [0.5, 0.6) is 0 Å². The van der Waals surface area contributed by atoms with Gasteiger partial charge in [0, 0.05) is 57.0 Å². The molecule has 5 aliphatic rings. The van der Waals surface area contributed by atoms with Gasteiger partial charge in [0.25, 0.3) is 0 Å². The lowest BCUT2D eigenvalue weighted by atomic mass is 9.94. The summed E-state index contributed by atoms with van der Waals surface area (Å²) in [6.45, 7) is 14.9. The maximum absolute atomic E-state index is 11.2. The van der Waals surface area contributed by atoms with Crippen LogP contribution in [-0.2, 0) is 0 Å². The Balaban J connectivity index is 1.33. The number of allylic oxidation sites excluding steroid dienone is 2. The maximum atomic E-state index is 11.2. The van der Waals surface area contributed by atoms with Gasteiger partial charge >= 0.3 is 0 Å². The van der Waals surface area contributed by atoms with Gasteiger partial charge in [-0.2, -0.15) is 0 Å². The molecule has 9 heteroatoms. The Labute approximate surface area is 263 Å². The van der Waals surface area contributed by atoms with Crippen molar-refractivity contribution in [1.29, 1.82) is 0 Å². The molecule has 0 aromatic rings. The number of halogens is 1. The van der Waals surface area contributed by atoms with E-state index >= 15 is 0 Å². The van der Waals surface area contributed by atoms with E-state index in [1.807, 2.05) is 18.5 Å². The fourth-order valence-electron chi connectivity index (χ4n) is 7.51. The average molecular weight is 610 g/mol. The van der Waals surface area contributed by atoms with E-state index in [1.165, 1.54) is 0 Å². The summed E-state index contributed by atoms with van der Waals surface area (Å²) in [5.41, 5.74) is 8.49. The van der Waals surface area contributed by atoms with E-state index in [2.05, 4.69) is 61.6 Å². The van der Waals surface area contributed by atoms with Crippen molar-refractivity contribution in [3.05, 3.63) is 35.0 Å². The molecular weight excluding hydrogens is 558 g/mol. The molecule has 8 nitrogen and oxygen atoms in total. The van der Waals surface area contributed by atoms with E-state index in [0.29, 0.717) is 47.1 Å². The van der Waals surface area contributed by atoms with Gasteiger partial charge in [0.15, 0.2) is 12.2 Å². The van der Waals surface area contributed by atoms with Crippen LogP contribution in [0.25, 0.3) is 0 Å². The predicted molar refractivity (Wildman–Crippen MR) is 180 cm³/mol. The van der Waals surface area contributed by atoms with E-state index in [4.69, 9.17) is 32.3 Å². The van der Waals surface area contributed by atoms with Gasteiger partial charge in [0.2, 0.25) is 0 Å². The van der Waals surface area contributed by atoms with E-state index in [-0.39, 0.29) is 17.9 Å². The Hall–Kier alpha value is -2.29. The van der Waals surface area contributed by atoms with Crippen LogP contribution in [0.15, 0.2) is 55.0 Å². The maximum Gasteiger partial charge on any atom is 0.197 e. The molecule has 9 unspecified atom stereocenters. The highest BCUT2D eigenvalue weighted by Crippen LogP contribution is 2.53. The highest BCUT2D eigenvalue weighted by molar-refractivity contribution is 6.44. The summed E-state index contributed by atoms with van der Waals surface area (Å²) in [5, 5.41) is 11.9. The van der Waals surface area contributed by atoms with Crippen molar-refractivity contribution in [1.82, 2.24) is 9.80 Å². The molecule has 3 aliphatic carbocycles. The summed E-state index contributed by atoms with van der Waals surface area (Å²) in [5.74, 6) is 4.01. The summed E-state index contributed by atoms with van der Waals surface area (Å²) < 4.78 is 0. The highest BCUT2D eigenvalue weighted by Gasteiger charge is 2.52. The number of nitrogens with zero attached hydrogens (tertiary/aromatic N) is 6. The molecule has 3 N–H and O–H groups in total. The number of hydrogen-bond donors (Lipinski definition) is 2. The Morgan fingerprint density at radius 1 is 1.21 bits per heavy atom. The predicted octanol–water partition coefficient (Wildman–Crippen LogP) is 5.64. The molecular formula is C34H52ClN7O. The van der Waals surface area contributed by atoms with Crippen LogP contribution in [0.4, 0.5) is 0 Å². The van der Waals surface area contributed by atoms with Crippen LogP contribution in [0.1, 0.15) is 73.1 Å². The van der Waals surface area contributed by atoms with E-state index in [0.717, 1.165) is 75.4 Å². The molecule has 5 rings (SSSR count). The van der Waals surface area contributed by atoms with Gasteiger partial charge in [-0.25, -0.2) is 4.99 Å². The van der Waals surface area contributed by atoms with E-state index < -0.39 is 6.23 Å². The molecule has 0 aromatic heterocycles. The minimum Gasteiger partial charge on any atom is -0.369 e. The number of rotatable bonds is 8. The second-order valence-corrected chi connectivity index (χ2v) is 13.7. The van der Waals surface area contributed by atoms with Crippen LogP contribution < -0.4 is 5.73 Å². The topological polar surface area (TPSA) is 102 Å². The van der Waals surface area contributed by atoms with Gasteiger partial charge in [0.05, 0.1) is 16.8 Å². The summed E-state index contributed by atoms with van der Waals surface area (Å²) in [7, 11) is 0. The number of nitrogens with two attached hydrogens (primary N) is 1. The molecule has 2 fully saturated rings. The normalized spacial score (nSPS) is 36.1. The van der Waals surface area contributed by atoms with Crippen LogP contribution in [-0.4, -0.2) is 83.1 Å². The van der Waals surface area contributed by atoms with Crippen molar-refractivity contribution in [2.24, 2.45) is 61.2 Å². The fourth-order valence-corrected chi connectivity index (χ4v) is 7.86. The molecule has 2 aliphatic heterocycles. The third-order valence-corrected chi connectivity index (χ3v) is 10.9. The minimum absolute atomic E-state index is 0.0261. The molecule has 0 spiro atoms. The van der Waals surface area contributed by atoms with Crippen molar-refractivity contribution >= 4 is 35.3 Å². The van der Waals surface area contributed by atoms with Gasteiger partial charge in [-0.05, 0) is 66.9 Å². The highest BCUT2D eigenvalue weighted by atomic mass is 35.5. The number of amidine groups is 1. The van der Waals surface area contributed by atoms with Crippen LogP contribution in [0, 0.1) is 35.5 Å². The standard InChI is InChI=1S/C34H52ClN7O/c1-6-21(3)29-23(5)30(29)32(40-34(36)42-17-15-41(16-18-42)26-11-13-37-14-12-26)38-28-20-25(19-24(28)7-2)33(43)39-31-22(4)9-8-10-27(31)35/h10-11,13-14,19,21-24,26,28-30,33,43H,6-9,12,15-18,20H2,1-5H3,(H2,36,38,40). The number of aliphatic hydroxyl groups excluding tert-OH is 1. The van der Waals surface area contributed by atoms with Crippen LogP contribution in [0.2, 0.25) is 0 Å². The van der Waals surface area contributed by atoms with Gasteiger partial charge < -0.3 is 15.7 Å². The second-order valence-electron chi connectivity index (χ2n) is 13.3. The van der Waals surface area contributed by atoms with E-state index in [9.17, 15) is 5.11 Å². The lowest BCUT2D eigenvalue weighted by molar-refractivity contribution is 0.155. The molecule has 43 heavy (non-hydrogen) atoms. The first-order chi connectivity index (χ1) is 20.7. The van der Waals surface area contributed by atoms with Crippen molar-refractivity contribution < 1.29 is 5.11 Å². The molecule has 1 saturated carbocycles. The zero-order valence-electron chi connectivity index (χ0n) is 26.7. The molecule has 1 saturated heterocycles. The summed E-state index contributed by atoms with van der Waals surface area (Å²) in [6, 6.07) is 0.445. The van der Waals surface area contributed by atoms with Crippen molar-refractivity contribution in [2.45, 2.75) is 91.5 Å². The zero-order chi connectivity index (χ0) is 30.7. The van der Waals surface area contributed by atoms with Gasteiger partial charge in [-0.15, -0.1) is 0 Å². The monoisotopic (exact) mass is 609 g/mol. The van der Waals surface area contributed by atoms with Crippen LogP contribution >= 0.6 is 11.6 Å². The van der Waals surface area contributed by atoms with Crippen molar-refractivity contribution in [2.75, 3.05) is 26.2 Å².